The quantitative estimate of drug-likeness (QED) is 0.620. The summed E-state index contributed by atoms with van der Waals surface area (Å²) in [5.41, 5.74) is 0. The number of carbonyl (C=O) groups excluding carboxylic acids is 1. The van der Waals surface area contributed by atoms with Crippen molar-refractivity contribution in [3.05, 3.63) is 24.0 Å². The van der Waals surface area contributed by atoms with Gasteiger partial charge in [-0.25, -0.2) is 0 Å². The van der Waals surface area contributed by atoms with Gasteiger partial charge in [-0.3, -0.25) is 4.79 Å². The third-order valence-electron chi connectivity index (χ3n) is 2.45. The van der Waals surface area contributed by atoms with Crippen LogP contribution < -0.4 is 0 Å². The Bertz CT molecular complexity index is 259. The summed E-state index contributed by atoms with van der Waals surface area (Å²) in [5.74, 6) is 1.75. The normalized spacial score (nSPS) is 28.6. The van der Waals surface area contributed by atoms with E-state index in [4.69, 9.17) is 4.74 Å². The van der Waals surface area contributed by atoms with Crippen molar-refractivity contribution < 1.29 is 9.53 Å². The molecule has 0 aromatic rings. The number of ketones is 1. The van der Waals surface area contributed by atoms with Crippen molar-refractivity contribution in [3.8, 4) is 0 Å². The number of methoxy groups -OCH3 is 1. The van der Waals surface area contributed by atoms with Crippen LogP contribution in [-0.4, -0.2) is 12.9 Å². The predicted molar refractivity (Wildman–Crippen MR) is 45.5 cm³/mol. The van der Waals surface area contributed by atoms with E-state index >= 15 is 0 Å². The minimum absolute atomic E-state index is 0.102. The zero-order chi connectivity index (χ0) is 8.55. The van der Waals surface area contributed by atoms with E-state index in [1.54, 1.807) is 19.3 Å². The molecule has 0 bridgehead atoms. The largest absolute Gasteiger partial charge is 0.497 e. The Hall–Kier alpha value is -1.05. The summed E-state index contributed by atoms with van der Waals surface area (Å²) in [4.78, 5) is 11.4. The molecule has 0 N–H and O–H groups in total. The Morgan fingerprint density at radius 1 is 1.42 bits per heavy atom. The lowest BCUT2D eigenvalue weighted by molar-refractivity contribution is -0.117. The van der Waals surface area contributed by atoms with E-state index in [9.17, 15) is 4.79 Å². The van der Waals surface area contributed by atoms with Gasteiger partial charge in [-0.1, -0.05) is 0 Å². The fourth-order valence-corrected chi connectivity index (χ4v) is 1.55. The van der Waals surface area contributed by atoms with E-state index < -0.39 is 0 Å². The molecular formula is C10H12O2. The van der Waals surface area contributed by atoms with Crippen LogP contribution in [-0.2, 0) is 9.53 Å². The molecule has 2 aliphatic carbocycles. The van der Waals surface area contributed by atoms with E-state index in [2.05, 4.69) is 0 Å². The van der Waals surface area contributed by atoms with E-state index in [-0.39, 0.29) is 11.7 Å². The van der Waals surface area contributed by atoms with E-state index in [0.717, 1.165) is 5.76 Å². The Balaban J connectivity index is 2.15. The molecule has 2 heteroatoms. The SMILES string of the molecule is COC1=CC(C2CC2)C(=O)C=C1. The molecule has 0 amide bonds. The van der Waals surface area contributed by atoms with Gasteiger partial charge in [-0.15, -0.1) is 0 Å². The van der Waals surface area contributed by atoms with Crippen molar-refractivity contribution in [1.29, 1.82) is 0 Å². The van der Waals surface area contributed by atoms with Crippen LogP contribution >= 0.6 is 0 Å². The van der Waals surface area contributed by atoms with Crippen molar-refractivity contribution in [2.75, 3.05) is 7.11 Å². The van der Waals surface area contributed by atoms with Crippen molar-refractivity contribution in [2.45, 2.75) is 12.8 Å². The molecular weight excluding hydrogens is 152 g/mol. The van der Waals surface area contributed by atoms with Gasteiger partial charge in [-0.05, 0) is 37.0 Å². The molecule has 2 nitrogen and oxygen atoms in total. The van der Waals surface area contributed by atoms with Gasteiger partial charge < -0.3 is 4.74 Å². The van der Waals surface area contributed by atoms with Crippen LogP contribution in [0.15, 0.2) is 24.0 Å². The monoisotopic (exact) mass is 164 g/mol. The molecule has 12 heavy (non-hydrogen) atoms. The molecule has 0 heterocycles. The Morgan fingerprint density at radius 3 is 2.75 bits per heavy atom. The molecule has 0 aliphatic heterocycles. The van der Waals surface area contributed by atoms with E-state index in [0.29, 0.717) is 5.92 Å². The fourth-order valence-electron chi connectivity index (χ4n) is 1.55. The van der Waals surface area contributed by atoms with Gasteiger partial charge in [0.2, 0.25) is 0 Å². The number of rotatable bonds is 2. The highest BCUT2D eigenvalue weighted by atomic mass is 16.5. The lowest BCUT2D eigenvalue weighted by Gasteiger charge is -2.13. The van der Waals surface area contributed by atoms with Gasteiger partial charge in [0.25, 0.3) is 0 Å². The van der Waals surface area contributed by atoms with Gasteiger partial charge in [0, 0.05) is 5.92 Å². The average Bonchev–Trinajstić information content (AvgIpc) is 2.88. The Labute approximate surface area is 71.9 Å². The predicted octanol–water partition coefficient (Wildman–Crippen LogP) is 1.68. The molecule has 0 aromatic heterocycles. The number of hydrogen-bond donors (Lipinski definition) is 0. The van der Waals surface area contributed by atoms with Crippen molar-refractivity contribution in [1.82, 2.24) is 0 Å². The number of hydrogen-bond acceptors (Lipinski definition) is 2. The maximum atomic E-state index is 11.4. The van der Waals surface area contributed by atoms with Crippen molar-refractivity contribution in [2.24, 2.45) is 11.8 Å². The van der Waals surface area contributed by atoms with Gasteiger partial charge in [0.1, 0.15) is 5.76 Å². The maximum absolute atomic E-state index is 11.4. The molecule has 64 valence electrons. The summed E-state index contributed by atoms with van der Waals surface area (Å²) in [5, 5.41) is 0. The molecule has 0 spiro atoms. The average molecular weight is 164 g/mol. The Kier molecular flexibility index (Phi) is 1.75. The zero-order valence-corrected chi connectivity index (χ0v) is 7.12. The van der Waals surface area contributed by atoms with Crippen LogP contribution in [0.5, 0.6) is 0 Å². The topological polar surface area (TPSA) is 26.3 Å². The molecule has 2 aliphatic rings. The van der Waals surface area contributed by atoms with Gasteiger partial charge >= 0.3 is 0 Å². The molecule has 2 rings (SSSR count). The first-order chi connectivity index (χ1) is 5.81. The molecule has 1 saturated carbocycles. The lowest BCUT2D eigenvalue weighted by atomic mass is 9.94. The first kappa shape index (κ1) is 7.59. The van der Waals surface area contributed by atoms with Crippen LogP contribution in [0.1, 0.15) is 12.8 Å². The summed E-state index contributed by atoms with van der Waals surface area (Å²) in [7, 11) is 1.63. The number of ether oxygens (including phenoxy) is 1. The minimum Gasteiger partial charge on any atom is -0.497 e. The highest BCUT2D eigenvalue weighted by Crippen LogP contribution is 2.39. The van der Waals surface area contributed by atoms with E-state index in [1.807, 2.05) is 6.08 Å². The zero-order valence-electron chi connectivity index (χ0n) is 7.12. The number of allylic oxidation sites excluding steroid dienone is 3. The molecule has 1 atom stereocenters. The summed E-state index contributed by atoms with van der Waals surface area (Å²) in [6, 6.07) is 0. The minimum atomic E-state index is 0.102. The first-order valence-corrected chi connectivity index (χ1v) is 4.29. The van der Waals surface area contributed by atoms with Crippen LogP contribution in [0.4, 0.5) is 0 Å². The molecule has 0 aromatic carbocycles. The summed E-state index contributed by atoms with van der Waals surface area (Å²) >= 11 is 0. The Morgan fingerprint density at radius 2 is 2.17 bits per heavy atom. The summed E-state index contributed by atoms with van der Waals surface area (Å²) in [6.45, 7) is 0. The molecule has 0 radical (unpaired) electrons. The molecule has 0 saturated heterocycles. The van der Waals surface area contributed by atoms with Crippen LogP contribution in [0, 0.1) is 11.8 Å². The summed E-state index contributed by atoms with van der Waals surface area (Å²) < 4.78 is 5.07. The smallest absolute Gasteiger partial charge is 0.163 e. The van der Waals surface area contributed by atoms with Crippen LogP contribution in [0.25, 0.3) is 0 Å². The highest BCUT2D eigenvalue weighted by Gasteiger charge is 2.35. The second kappa shape index (κ2) is 2.77. The van der Waals surface area contributed by atoms with Gasteiger partial charge in [-0.2, -0.15) is 0 Å². The fraction of sp³-hybridized carbons (Fsp3) is 0.500. The van der Waals surface area contributed by atoms with Crippen molar-refractivity contribution >= 4 is 5.78 Å². The third kappa shape index (κ3) is 1.29. The van der Waals surface area contributed by atoms with Crippen molar-refractivity contribution in [3.63, 3.8) is 0 Å². The van der Waals surface area contributed by atoms with Gasteiger partial charge in [0.05, 0.1) is 7.11 Å². The van der Waals surface area contributed by atoms with Gasteiger partial charge in [0.15, 0.2) is 5.78 Å². The third-order valence-corrected chi connectivity index (χ3v) is 2.45. The molecule has 1 unspecified atom stereocenters. The van der Waals surface area contributed by atoms with E-state index in [1.165, 1.54) is 12.8 Å². The van der Waals surface area contributed by atoms with Crippen LogP contribution in [0.3, 0.4) is 0 Å². The second-order valence-electron chi connectivity index (χ2n) is 3.37. The highest BCUT2D eigenvalue weighted by molar-refractivity contribution is 5.95. The standard InChI is InChI=1S/C10H12O2/c1-12-8-4-5-10(11)9(6-8)7-2-3-7/h4-7,9H,2-3H2,1H3. The molecule has 1 fully saturated rings. The second-order valence-corrected chi connectivity index (χ2v) is 3.37. The lowest BCUT2D eigenvalue weighted by Crippen LogP contribution is -2.15. The maximum Gasteiger partial charge on any atom is 0.163 e. The number of carbonyl (C=O) groups is 1. The first-order valence-electron chi connectivity index (χ1n) is 4.29. The summed E-state index contributed by atoms with van der Waals surface area (Å²) in [6.07, 6.45) is 7.69. The van der Waals surface area contributed by atoms with Crippen LogP contribution in [0.2, 0.25) is 0 Å².